The van der Waals surface area contributed by atoms with Gasteiger partial charge in [-0.15, -0.1) is 0 Å². The molecule has 0 rings (SSSR count). The lowest BCUT2D eigenvalue weighted by Gasteiger charge is -2.19. The molecule has 9 nitrogen and oxygen atoms in total. The van der Waals surface area contributed by atoms with Crippen molar-refractivity contribution in [3.05, 3.63) is 146 Å². The number of hydrogen-bond acceptors (Lipinski definition) is 8. The fraction of sp³-hybridized carbons (Fsp3) is 0.687. The number of nitrogens with two attached hydrogens (primary N) is 1. The minimum atomic E-state index is -4.40. The third-order valence-corrected chi connectivity index (χ3v) is 17.2. The molecular formula is C83H142NO8P. The number of unbranched alkanes of at least 4 members (excludes halogenated alkanes) is 34. The molecule has 2 unspecified atom stereocenters. The zero-order valence-electron chi connectivity index (χ0n) is 59.9. The van der Waals surface area contributed by atoms with Crippen molar-refractivity contribution in [1.29, 1.82) is 0 Å². The van der Waals surface area contributed by atoms with E-state index in [9.17, 15) is 19.0 Å². The standard InChI is InChI=1S/C83H142NO8P/c1-3-5-7-9-11-13-15-17-19-21-23-25-27-29-31-33-35-37-38-39-40-41-42-44-45-47-49-51-53-55-57-59-61-63-65-67-69-71-73-75-82(85)89-79-81(80-91-93(87,88)90-78-77-84)92-83(86)76-74-72-70-68-66-64-62-60-58-56-54-52-50-48-46-43-36-34-32-30-28-26-24-22-20-18-16-14-12-10-8-6-4-2/h5-8,11-14,17-20,23-26,29-32,36,43,48,50,81H,3-4,9-10,15-16,21-22,27-28,33-35,37-42,44-47,49,51-80,84H2,1-2H3,(H,87,88)/b7-5-,8-6-,13-11-,14-12-,19-17-,20-18-,25-23-,26-24-,31-29-,32-30-,43-36-,50-48-. The predicted molar refractivity (Wildman–Crippen MR) is 404 cm³/mol. The number of phosphoric ester groups is 1. The number of allylic oxidation sites excluding steroid dienone is 24. The Labute approximate surface area is 573 Å². The fourth-order valence-electron chi connectivity index (χ4n) is 10.6. The van der Waals surface area contributed by atoms with Crippen LogP contribution >= 0.6 is 7.82 Å². The predicted octanol–water partition coefficient (Wildman–Crippen LogP) is 25.8. The number of ether oxygens (including phenoxy) is 2. The Morgan fingerprint density at radius 3 is 0.828 bits per heavy atom. The number of esters is 2. The van der Waals surface area contributed by atoms with Gasteiger partial charge < -0.3 is 20.1 Å². The summed E-state index contributed by atoms with van der Waals surface area (Å²) in [6, 6.07) is 0. The average molecular weight is 1310 g/mol. The highest BCUT2D eigenvalue weighted by Crippen LogP contribution is 2.43. The van der Waals surface area contributed by atoms with E-state index in [1.807, 2.05) is 0 Å². The zero-order valence-corrected chi connectivity index (χ0v) is 60.8. The molecule has 2 atom stereocenters. The second-order valence-electron chi connectivity index (χ2n) is 25.1. The van der Waals surface area contributed by atoms with Gasteiger partial charge in [0.15, 0.2) is 6.10 Å². The molecule has 0 heterocycles. The van der Waals surface area contributed by atoms with Crippen LogP contribution < -0.4 is 5.73 Å². The first-order valence-electron chi connectivity index (χ1n) is 38.3. The summed E-state index contributed by atoms with van der Waals surface area (Å²) >= 11 is 0. The quantitative estimate of drug-likeness (QED) is 0.0264. The smallest absolute Gasteiger partial charge is 0.462 e. The Morgan fingerprint density at radius 1 is 0.323 bits per heavy atom. The van der Waals surface area contributed by atoms with Gasteiger partial charge in [0.05, 0.1) is 13.2 Å². The maximum atomic E-state index is 12.8. The van der Waals surface area contributed by atoms with Crippen molar-refractivity contribution in [2.24, 2.45) is 5.73 Å². The van der Waals surface area contributed by atoms with Crippen LogP contribution in [0.15, 0.2) is 146 Å². The van der Waals surface area contributed by atoms with E-state index in [1.165, 1.54) is 180 Å². The van der Waals surface area contributed by atoms with Crippen molar-refractivity contribution in [3.63, 3.8) is 0 Å². The second-order valence-corrected chi connectivity index (χ2v) is 26.6. The van der Waals surface area contributed by atoms with E-state index in [2.05, 4.69) is 160 Å². The number of hydrogen-bond donors (Lipinski definition) is 2. The lowest BCUT2D eigenvalue weighted by molar-refractivity contribution is -0.161. The highest BCUT2D eigenvalue weighted by Gasteiger charge is 2.26. The Balaban J connectivity index is 3.84. The van der Waals surface area contributed by atoms with Gasteiger partial charge in [-0.3, -0.25) is 18.6 Å². The van der Waals surface area contributed by atoms with Crippen LogP contribution in [-0.2, 0) is 32.7 Å². The van der Waals surface area contributed by atoms with Crippen molar-refractivity contribution in [2.75, 3.05) is 26.4 Å². The van der Waals surface area contributed by atoms with Gasteiger partial charge in [-0.05, 0) is 116 Å². The number of carbonyl (C=O) groups is 2. The molecule has 0 saturated heterocycles. The highest BCUT2D eigenvalue weighted by atomic mass is 31.2. The van der Waals surface area contributed by atoms with Crippen molar-refractivity contribution in [3.8, 4) is 0 Å². The Hall–Kier alpha value is -4.11. The topological polar surface area (TPSA) is 134 Å². The van der Waals surface area contributed by atoms with E-state index in [0.29, 0.717) is 6.42 Å². The van der Waals surface area contributed by atoms with Gasteiger partial charge in [0.2, 0.25) is 0 Å². The van der Waals surface area contributed by atoms with Crippen LogP contribution in [0, 0.1) is 0 Å². The second kappa shape index (κ2) is 76.9. The Bertz CT molecular complexity index is 2040. The van der Waals surface area contributed by atoms with Crippen molar-refractivity contribution in [2.45, 2.75) is 341 Å². The van der Waals surface area contributed by atoms with Gasteiger partial charge in [-0.1, -0.05) is 352 Å². The molecule has 0 spiro atoms. The van der Waals surface area contributed by atoms with Crippen LogP contribution in [0.25, 0.3) is 0 Å². The summed E-state index contributed by atoms with van der Waals surface area (Å²) in [4.78, 5) is 35.4. The molecular weight excluding hydrogens is 1170 g/mol. The molecule has 3 N–H and O–H groups in total. The van der Waals surface area contributed by atoms with E-state index in [0.717, 1.165) is 122 Å². The molecule has 0 aliphatic rings. The SMILES string of the molecule is CC/C=C\C/C=C\C/C=C\C/C=C\C/C=C\C/C=C\C/C=C\CCCCCCCCCCCCCC(=O)OC(COC(=O)CCCCCCCCCCCCCCCCCCCCCCCCC/C=C\C/C=C\C/C=C\C/C=C\C/C=C\CC)COP(=O)(O)OCCN. The Kier molecular flexibility index (Phi) is 73.5. The maximum Gasteiger partial charge on any atom is 0.472 e. The molecule has 93 heavy (non-hydrogen) atoms. The summed E-state index contributed by atoms with van der Waals surface area (Å²) in [5, 5.41) is 0. The van der Waals surface area contributed by atoms with Gasteiger partial charge in [0.1, 0.15) is 6.61 Å². The van der Waals surface area contributed by atoms with Crippen LogP contribution in [0.2, 0.25) is 0 Å². The lowest BCUT2D eigenvalue weighted by Crippen LogP contribution is -2.29. The largest absolute Gasteiger partial charge is 0.472 e. The first-order chi connectivity index (χ1) is 45.8. The van der Waals surface area contributed by atoms with E-state index in [4.69, 9.17) is 24.3 Å². The van der Waals surface area contributed by atoms with Crippen LogP contribution in [0.3, 0.4) is 0 Å². The normalized spacial score (nSPS) is 13.7. The first-order valence-corrected chi connectivity index (χ1v) is 39.8. The van der Waals surface area contributed by atoms with Gasteiger partial charge in [-0.25, -0.2) is 4.57 Å². The minimum Gasteiger partial charge on any atom is -0.462 e. The molecule has 0 aromatic heterocycles. The first kappa shape index (κ1) is 88.9. The molecule has 0 aromatic carbocycles. The molecule has 0 aromatic rings. The summed E-state index contributed by atoms with van der Waals surface area (Å²) in [6.45, 7) is 3.54. The summed E-state index contributed by atoms with van der Waals surface area (Å²) < 4.78 is 33.2. The van der Waals surface area contributed by atoms with Crippen LogP contribution in [0.1, 0.15) is 335 Å². The number of carbonyl (C=O) groups excluding carboxylic acids is 2. The third kappa shape index (κ3) is 76.8. The zero-order chi connectivity index (χ0) is 67.2. The molecule has 0 amide bonds. The van der Waals surface area contributed by atoms with Gasteiger partial charge in [-0.2, -0.15) is 0 Å². The summed E-state index contributed by atoms with van der Waals surface area (Å²) in [5.74, 6) is -0.824. The molecule has 0 bridgehead atoms. The van der Waals surface area contributed by atoms with E-state index in [-0.39, 0.29) is 38.6 Å². The third-order valence-electron chi connectivity index (χ3n) is 16.2. The molecule has 0 saturated carbocycles. The monoisotopic (exact) mass is 1310 g/mol. The van der Waals surface area contributed by atoms with Gasteiger partial charge >= 0.3 is 19.8 Å². The van der Waals surface area contributed by atoms with Gasteiger partial charge in [0.25, 0.3) is 0 Å². The van der Waals surface area contributed by atoms with Crippen molar-refractivity contribution >= 4 is 19.8 Å². The van der Waals surface area contributed by atoms with Crippen LogP contribution in [0.5, 0.6) is 0 Å². The average Bonchev–Trinajstić information content (AvgIpc) is 3.32. The van der Waals surface area contributed by atoms with Gasteiger partial charge in [0, 0.05) is 19.4 Å². The maximum absolute atomic E-state index is 12.8. The van der Waals surface area contributed by atoms with Crippen molar-refractivity contribution < 1.29 is 37.6 Å². The molecule has 532 valence electrons. The Morgan fingerprint density at radius 2 is 0.559 bits per heavy atom. The molecule has 0 aliphatic carbocycles. The van der Waals surface area contributed by atoms with E-state index < -0.39 is 26.5 Å². The summed E-state index contributed by atoms with van der Waals surface area (Å²) in [7, 11) is -4.40. The van der Waals surface area contributed by atoms with Crippen molar-refractivity contribution in [1.82, 2.24) is 0 Å². The van der Waals surface area contributed by atoms with Crippen LogP contribution in [-0.4, -0.2) is 49.3 Å². The minimum absolute atomic E-state index is 0.0488. The summed E-state index contributed by atoms with van der Waals surface area (Å²) in [6.07, 6.45) is 111. The molecule has 10 heteroatoms. The lowest BCUT2D eigenvalue weighted by atomic mass is 10.0. The highest BCUT2D eigenvalue weighted by molar-refractivity contribution is 7.47. The van der Waals surface area contributed by atoms with E-state index in [1.54, 1.807) is 0 Å². The molecule has 0 aliphatic heterocycles. The van der Waals surface area contributed by atoms with E-state index >= 15 is 0 Å². The fourth-order valence-corrected chi connectivity index (χ4v) is 11.4. The van der Waals surface area contributed by atoms with Crippen LogP contribution in [0.4, 0.5) is 0 Å². The molecule has 0 fully saturated rings. The summed E-state index contributed by atoms with van der Waals surface area (Å²) in [5.41, 5.74) is 5.41. The number of rotatable bonds is 71. The number of phosphoric acid groups is 1. The molecule has 0 radical (unpaired) electrons.